The van der Waals surface area contributed by atoms with E-state index in [1.165, 1.54) is 89.9 Å². The summed E-state index contributed by atoms with van der Waals surface area (Å²) >= 11 is 4.30. The van der Waals surface area contributed by atoms with Crippen LogP contribution in [0.3, 0.4) is 0 Å². The molecule has 0 aliphatic carbocycles. The molecule has 0 amide bonds. The second-order valence-electron chi connectivity index (χ2n) is 5.69. The third-order valence-corrected chi connectivity index (χ3v) is 3.90. The molecule has 0 aromatic heterocycles. The highest BCUT2D eigenvalue weighted by Crippen LogP contribution is 2.13. The molecule has 0 nitrogen and oxygen atoms in total. The largest absolute Gasteiger partial charge is 0.176 e. The van der Waals surface area contributed by atoms with Crippen molar-refractivity contribution in [1.82, 2.24) is 0 Å². The van der Waals surface area contributed by atoms with Crippen LogP contribution in [-0.4, -0.2) is 5.25 Å². The lowest BCUT2D eigenvalue weighted by molar-refractivity contribution is 0.537. The molecular weight excluding hydrogens is 236 g/mol. The van der Waals surface area contributed by atoms with E-state index in [1.54, 1.807) is 0 Å². The lowest BCUT2D eigenvalue weighted by Crippen LogP contribution is -1.90. The Balaban J connectivity index is 2.90. The molecule has 0 heterocycles. The van der Waals surface area contributed by atoms with Crippen LogP contribution in [-0.2, 0) is 0 Å². The summed E-state index contributed by atoms with van der Waals surface area (Å²) in [5, 5.41) is 0.345. The molecule has 0 N–H and O–H groups in total. The van der Waals surface area contributed by atoms with Gasteiger partial charge in [0, 0.05) is 5.25 Å². The van der Waals surface area contributed by atoms with E-state index in [0.29, 0.717) is 5.25 Å². The fourth-order valence-electron chi connectivity index (χ4n) is 2.40. The Labute approximate surface area is 122 Å². The van der Waals surface area contributed by atoms with Gasteiger partial charge < -0.3 is 0 Å². The highest BCUT2D eigenvalue weighted by Gasteiger charge is 1.96. The smallest absolute Gasteiger partial charge is 0.00172 e. The van der Waals surface area contributed by atoms with Gasteiger partial charge in [0.2, 0.25) is 0 Å². The van der Waals surface area contributed by atoms with Gasteiger partial charge in [-0.3, -0.25) is 0 Å². The third kappa shape index (κ3) is 16.4. The van der Waals surface area contributed by atoms with Crippen molar-refractivity contribution in [3.63, 3.8) is 0 Å². The molecule has 0 fully saturated rings. The van der Waals surface area contributed by atoms with Gasteiger partial charge in [-0.25, -0.2) is 0 Å². The predicted molar refractivity (Wildman–Crippen MR) is 88.4 cm³/mol. The summed E-state index contributed by atoms with van der Waals surface area (Å²) in [4.78, 5) is 0. The molecule has 0 saturated carbocycles. The standard InChI is InChI=1S/C17H35S/c1-3-4-5-6-7-8-9-10-11-12-13-14-15-16-17(2)18/h17-18H,2-16H2,1H3. The summed E-state index contributed by atoms with van der Waals surface area (Å²) in [5.41, 5.74) is 0. The van der Waals surface area contributed by atoms with Gasteiger partial charge in [-0.1, -0.05) is 90.4 Å². The van der Waals surface area contributed by atoms with Gasteiger partial charge in [-0.2, -0.15) is 12.6 Å². The molecule has 0 aromatic rings. The third-order valence-electron chi connectivity index (χ3n) is 3.64. The van der Waals surface area contributed by atoms with Crippen molar-refractivity contribution < 1.29 is 0 Å². The number of hydrogen-bond donors (Lipinski definition) is 1. The summed E-state index contributed by atoms with van der Waals surface area (Å²) in [6.45, 7) is 6.18. The molecule has 1 heteroatoms. The summed E-state index contributed by atoms with van der Waals surface area (Å²) in [6, 6.07) is 0. The first-order chi connectivity index (χ1) is 8.77. The Morgan fingerprint density at radius 2 is 1.00 bits per heavy atom. The van der Waals surface area contributed by atoms with Gasteiger partial charge in [-0.15, -0.1) is 0 Å². The quantitative estimate of drug-likeness (QED) is 0.267. The maximum atomic E-state index is 4.30. The maximum absolute atomic E-state index is 4.30. The van der Waals surface area contributed by atoms with Crippen molar-refractivity contribution >= 4 is 12.6 Å². The Hall–Kier alpha value is 0.350. The van der Waals surface area contributed by atoms with Gasteiger partial charge in [0.25, 0.3) is 0 Å². The van der Waals surface area contributed by atoms with Crippen LogP contribution in [0.5, 0.6) is 0 Å². The molecule has 0 spiro atoms. The minimum absolute atomic E-state index is 0.345. The molecule has 0 bridgehead atoms. The zero-order valence-corrected chi connectivity index (χ0v) is 13.5. The molecular formula is C17H35S. The molecule has 0 aliphatic heterocycles. The summed E-state index contributed by atoms with van der Waals surface area (Å²) in [5.74, 6) is 0. The van der Waals surface area contributed by atoms with Crippen molar-refractivity contribution in [2.75, 3.05) is 0 Å². The molecule has 109 valence electrons. The zero-order valence-electron chi connectivity index (χ0n) is 12.6. The van der Waals surface area contributed by atoms with Crippen LogP contribution in [0.15, 0.2) is 0 Å². The van der Waals surface area contributed by atoms with Crippen LogP contribution in [0.4, 0.5) is 0 Å². The fourth-order valence-corrected chi connectivity index (χ4v) is 2.58. The van der Waals surface area contributed by atoms with Crippen molar-refractivity contribution in [1.29, 1.82) is 0 Å². The minimum Gasteiger partial charge on any atom is -0.176 e. The average molecular weight is 272 g/mol. The molecule has 18 heavy (non-hydrogen) atoms. The van der Waals surface area contributed by atoms with Crippen LogP contribution < -0.4 is 0 Å². The molecule has 0 aliphatic rings. The van der Waals surface area contributed by atoms with Crippen LogP contribution in [0.2, 0.25) is 0 Å². The summed E-state index contributed by atoms with van der Waals surface area (Å²) < 4.78 is 0. The SMILES string of the molecule is [CH2]C(S)CCCCCCCCCCCCCCC. The van der Waals surface area contributed by atoms with Gasteiger partial charge >= 0.3 is 0 Å². The molecule has 1 unspecified atom stereocenters. The Bertz CT molecular complexity index is 143. The van der Waals surface area contributed by atoms with Crippen LogP contribution in [0, 0.1) is 6.92 Å². The van der Waals surface area contributed by atoms with Crippen LogP contribution in [0.25, 0.3) is 0 Å². The van der Waals surface area contributed by atoms with E-state index in [2.05, 4.69) is 26.5 Å². The van der Waals surface area contributed by atoms with E-state index in [-0.39, 0.29) is 0 Å². The molecule has 0 aromatic carbocycles. The van der Waals surface area contributed by atoms with Gasteiger partial charge in [0.05, 0.1) is 0 Å². The topological polar surface area (TPSA) is 0 Å². The number of unbranched alkanes of at least 4 members (excludes halogenated alkanes) is 12. The molecule has 1 atom stereocenters. The van der Waals surface area contributed by atoms with Gasteiger partial charge in [-0.05, 0) is 13.3 Å². The van der Waals surface area contributed by atoms with E-state index in [9.17, 15) is 0 Å². The highest BCUT2D eigenvalue weighted by molar-refractivity contribution is 7.81. The number of hydrogen-bond acceptors (Lipinski definition) is 1. The van der Waals surface area contributed by atoms with Crippen LogP contribution >= 0.6 is 12.6 Å². The molecule has 0 saturated heterocycles. The summed E-state index contributed by atoms with van der Waals surface area (Å²) in [6.07, 6.45) is 19.7. The number of thiol groups is 1. The second-order valence-corrected chi connectivity index (χ2v) is 6.42. The highest BCUT2D eigenvalue weighted by atomic mass is 32.1. The maximum Gasteiger partial charge on any atom is 0.00172 e. The minimum atomic E-state index is 0.345. The normalized spacial score (nSPS) is 12.8. The van der Waals surface area contributed by atoms with Crippen molar-refractivity contribution in [2.45, 2.75) is 102 Å². The van der Waals surface area contributed by atoms with Gasteiger partial charge in [0.1, 0.15) is 0 Å². The molecule has 0 rings (SSSR count). The Kier molecular flexibility index (Phi) is 15.7. The van der Waals surface area contributed by atoms with Crippen molar-refractivity contribution in [3.05, 3.63) is 6.92 Å². The first-order valence-electron chi connectivity index (χ1n) is 8.28. The number of rotatable bonds is 14. The van der Waals surface area contributed by atoms with Gasteiger partial charge in [0.15, 0.2) is 0 Å². The van der Waals surface area contributed by atoms with Crippen molar-refractivity contribution in [2.24, 2.45) is 0 Å². The first-order valence-corrected chi connectivity index (χ1v) is 8.80. The first kappa shape index (κ1) is 18.4. The lowest BCUT2D eigenvalue weighted by atomic mass is 10.0. The average Bonchev–Trinajstić information content (AvgIpc) is 2.34. The van der Waals surface area contributed by atoms with E-state index >= 15 is 0 Å². The Morgan fingerprint density at radius 1 is 0.667 bits per heavy atom. The van der Waals surface area contributed by atoms with E-state index < -0.39 is 0 Å². The van der Waals surface area contributed by atoms with Crippen molar-refractivity contribution in [3.8, 4) is 0 Å². The zero-order chi connectivity index (χ0) is 13.5. The lowest BCUT2D eigenvalue weighted by Gasteiger charge is -2.04. The predicted octanol–water partition coefficient (Wildman–Crippen LogP) is 6.60. The second kappa shape index (κ2) is 15.4. The molecule has 1 radical (unpaired) electrons. The summed E-state index contributed by atoms with van der Waals surface area (Å²) in [7, 11) is 0. The van der Waals surface area contributed by atoms with E-state index in [0.717, 1.165) is 0 Å². The van der Waals surface area contributed by atoms with E-state index in [1.807, 2.05) is 0 Å². The van der Waals surface area contributed by atoms with E-state index in [4.69, 9.17) is 0 Å². The van der Waals surface area contributed by atoms with Crippen LogP contribution in [0.1, 0.15) is 96.8 Å². The Morgan fingerprint density at radius 3 is 1.33 bits per heavy atom. The monoisotopic (exact) mass is 271 g/mol. The fraction of sp³-hybridized carbons (Fsp3) is 0.941.